The number of methoxy groups -OCH3 is 2. The second kappa shape index (κ2) is 13.2. The molecule has 3 rings (SSSR count). The second-order valence-electron chi connectivity index (χ2n) is 11.7. The van der Waals surface area contributed by atoms with Crippen molar-refractivity contribution >= 4 is 5.91 Å². The molecule has 1 amide bonds. The number of hydrogen-bond acceptors (Lipinski definition) is 6. The van der Waals surface area contributed by atoms with Crippen LogP contribution in [0.3, 0.4) is 0 Å². The summed E-state index contributed by atoms with van der Waals surface area (Å²) in [5.41, 5.74) is 0.964. The zero-order valence-electron chi connectivity index (χ0n) is 24.4. The Labute approximate surface area is 224 Å². The summed E-state index contributed by atoms with van der Waals surface area (Å²) >= 11 is 0. The van der Waals surface area contributed by atoms with Crippen molar-refractivity contribution in [3.63, 3.8) is 0 Å². The van der Waals surface area contributed by atoms with E-state index in [4.69, 9.17) is 18.9 Å². The predicted octanol–water partition coefficient (Wildman–Crippen LogP) is 5.64. The summed E-state index contributed by atoms with van der Waals surface area (Å²) in [5, 5.41) is 0. The van der Waals surface area contributed by atoms with Gasteiger partial charge in [-0.2, -0.15) is 0 Å². The van der Waals surface area contributed by atoms with Gasteiger partial charge in [-0.15, -0.1) is 0 Å². The van der Waals surface area contributed by atoms with Gasteiger partial charge in [0.2, 0.25) is 18.4 Å². The van der Waals surface area contributed by atoms with Crippen LogP contribution in [0.5, 0.6) is 17.2 Å². The maximum absolute atomic E-state index is 13.7. The molecule has 7 nitrogen and oxygen atoms in total. The van der Waals surface area contributed by atoms with Crippen LogP contribution in [0, 0.1) is 5.92 Å². The number of likely N-dealkylation sites (tertiary alicyclic amines) is 1. The van der Waals surface area contributed by atoms with Crippen LogP contribution in [-0.4, -0.2) is 75.0 Å². The standard InChI is InChI=1S/C30H50N2O5/c1-8-10-13-31(14-11-15-34-6)27(33)19-32-21-29(4,20-30(32,5)18-23(3)12-9-2)24-16-25(35-7)28-26(17-24)36-22-37-28/h16-17,23H,8-15,18-22H2,1-7H3/t23?,29-,30?/m1/s1. The van der Waals surface area contributed by atoms with Crippen molar-refractivity contribution in [1.29, 1.82) is 0 Å². The maximum atomic E-state index is 13.7. The molecule has 2 unspecified atom stereocenters. The molecule has 0 saturated carbocycles. The minimum absolute atomic E-state index is 0.0778. The first-order chi connectivity index (χ1) is 17.7. The smallest absolute Gasteiger partial charge is 0.236 e. The molecule has 0 radical (unpaired) electrons. The zero-order valence-corrected chi connectivity index (χ0v) is 24.4. The summed E-state index contributed by atoms with van der Waals surface area (Å²) in [6.07, 6.45) is 7.40. The number of amides is 1. The Hall–Kier alpha value is -1.99. The zero-order chi connectivity index (χ0) is 27.1. The first kappa shape index (κ1) is 29.6. The average molecular weight is 519 g/mol. The van der Waals surface area contributed by atoms with Crippen molar-refractivity contribution in [1.82, 2.24) is 9.80 Å². The quantitative estimate of drug-likeness (QED) is 0.280. The van der Waals surface area contributed by atoms with Crippen LogP contribution in [0.15, 0.2) is 12.1 Å². The van der Waals surface area contributed by atoms with Crippen LogP contribution in [0.25, 0.3) is 0 Å². The Balaban J connectivity index is 1.88. The van der Waals surface area contributed by atoms with Crippen LogP contribution in [0.1, 0.15) is 85.1 Å². The van der Waals surface area contributed by atoms with Gasteiger partial charge in [0, 0.05) is 44.3 Å². The molecule has 1 aromatic rings. The molecule has 7 heteroatoms. The van der Waals surface area contributed by atoms with Gasteiger partial charge >= 0.3 is 0 Å². The van der Waals surface area contributed by atoms with E-state index in [9.17, 15) is 4.79 Å². The average Bonchev–Trinajstić information content (AvgIpc) is 3.43. The highest BCUT2D eigenvalue weighted by molar-refractivity contribution is 5.78. The number of benzene rings is 1. The molecule has 0 N–H and O–H groups in total. The summed E-state index contributed by atoms with van der Waals surface area (Å²) in [4.78, 5) is 18.2. The minimum Gasteiger partial charge on any atom is -0.493 e. The number of hydrogen-bond donors (Lipinski definition) is 0. The molecule has 2 aliphatic rings. The molecule has 0 spiro atoms. The van der Waals surface area contributed by atoms with Gasteiger partial charge < -0.3 is 23.8 Å². The predicted molar refractivity (Wildman–Crippen MR) is 148 cm³/mol. The fraction of sp³-hybridized carbons (Fsp3) is 0.767. The van der Waals surface area contributed by atoms with Crippen molar-refractivity contribution < 1.29 is 23.7 Å². The van der Waals surface area contributed by atoms with Gasteiger partial charge in [0.25, 0.3) is 0 Å². The van der Waals surface area contributed by atoms with E-state index < -0.39 is 0 Å². The molecular weight excluding hydrogens is 468 g/mol. The topological polar surface area (TPSA) is 60.5 Å². The number of carbonyl (C=O) groups is 1. The number of fused-ring (bicyclic) bond motifs is 1. The fourth-order valence-electron chi connectivity index (χ4n) is 6.46. The summed E-state index contributed by atoms with van der Waals surface area (Å²) in [6.45, 7) is 15.2. The van der Waals surface area contributed by atoms with Crippen molar-refractivity contribution in [3.8, 4) is 17.2 Å². The van der Waals surface area contributed by atoms with Crippen molar-refractivity contribution in [2.45, 2.75) is 90.5 Å². The van der Waals surface area contributed by atoms with Crippen LogP contribution >= 0.6 is 0 Å². The third-order valence-corrected chi connectivity index (χ3v) is 8.24. The molecule has 0 aliphatic carbocycles. The van der Waals surface area contributed by atoms with Gasteiger partial charge in [-0.1, -0.05) is 47.0 Å². The summed E-state index contributed by atoms with van der Waals surface area (Å²) in [6, 6.07) is 4.22. The molecule has 2 heterocycles. The highest BCUT2D eigenvalue weighted by Gasteiger charge is 2.50. The Bertz CT molecular complexity index is 893. The highest BCUT2D eigenvalue weighted by atomic mass is 16.7. The van der Waals surface area contributed by atoms with E-state index in [1.807, 2.05) is 0 Å². The lowest BCUT2D eigenvalue weighted by Gasteiger charge is -2.38. The Kier molecular flexibility index (Phi) is 10.5. The molecule has 3 atom stereocenters. The van der Waals surface area contributed by atoms with Gasteiger partial charge in [-0.3, -0.25) is 9.69 Å². The monoisotopic (exact) mass is 518 g/mol. The molecule has 1 fully saturated rings. The molecule has 1 aromatic carbocycles. The van der Waals surface area contributed by atoms with Gasteiger partial charge in [0.15, 0.2) is 11.5 Å². The maximum Gasteiger partial charge on any atom is 0.236 e. The van der Waals surface area contributed by atoms with E-state index in [1.54, 1.807) is 14.2 Å². The van der Waals surface area contributed by atoms with E-state index in [0.29, 0.717) is 30.6 Å². The second-order valence-corrected chi connectivity index (χ2v) is 11.7. The number of nitrogens with zero attached hydrogens (tertiary/aromatic N) is 2. The van der Waals surface area contributed by atoms with E-state index >= 15 is 0 Å². The summed E-state index contributed by atoms with van der Waals surface area (Å²) in [7, 11) is 3.39. The first-order valence-electron chi connectivity index (χ1n) is 14.2. The third-order valence-electron chi connectivity index (χ3n) is 8.24. The van der Waals surface area contributed by atoms with Crippen LogP contribution in [0.4, 0.5) is 0 Å². The first-order valence-corrected chi connectivity index (χ1v) is 14.2. The summed E-state index contributed by atoms with van der Waals surface area (Å²) in [5.74, 6) is 2.97. The molecule has 0 aromatic heterocycles. The van der Waals surface area contributed by atoms with Crippen LogP contribution in [0.2, 0.25) is 0 Å². The number of carbonyl (C=O) groups excluding carboxylic acids is 1. The number of ether oxygens (including phenoxy) is 4. The van der Waals surface area contributed by atoms with Crippen molar-refractivity contribution in [2.24, 2.45) is 5.92 Å². The SMILES string of the molecule is CCCCN(CCCOC)C(=O)CN1C[C@](C)(c2cc(OC)c3c(c2)OCO3)CC1(C)CC(C)CCC. The molecule has 1 saturated heterocycles. The Morgan fingerprint density at radius 3 is 2.57 bits per heavy atom. The minimum atomic E-state index is -0.139. The van der Waals surface area contributed by atoms with Crippen molar-refractivity contribution in [2.75, 3.05) is 53.8 Å². The van der Waals surface area contributed by atoms with Gasteiger partial charge in [0.1, 0.15) is 0 Å². The van der Waals surface area contributed by atoms with Crippen LogP contribution < -0.4 is 14.2 Å². The number of unbranched alkanes of at least 4 members (excludes halogenated alkanes) is 1. The molecule has 2 aliphatic heterocycles. The van der Waals surface area contributed by atoms with Gasteiger partial charge in [-0.25, -0.2) is 0 Å². The van der Waals surface area contributed by atoms with E-state index in [2.05, 4.69) is 56.6 Å². The Morgan fingerprint density at radius 1 is 1.14 bits per heavy atom. The third kappa shape index (κ3) is 7.11. The summed E-state index contributed by atoms with van der Waals surface area (Å²) < 4.78 is 22.3. The lowest BCUT2D eigenvalue weighted by Crippen LogP contribution is -2.49. The van der Waals surface area contributed by atoms with Crippen molar-refractivity contribution in [3.05, 3.63) is 17.7 Å². The lowest BCUT2D eigenvalue weighted by molar-refractivity contribution is -0.134. The fourth-order valence-corrected chi connectivity index (χ4v) is 6.46. The highest BCUT2D eigenvalue weighted by Crippen LogP contribution is 2.50. The van der Waals surface area contributed by atoms with E-state index in [1.165, 1.54) is 18.4 Å². The number of rotatable bonds is 15. The van der Waals surface area contributed by atoms with E-state index in [-0.39, 0.29) is 23.7 Å². The van der Waals surface area contributed by atoms with Gasteiger partial charge in [0.05, 0.1) is 13.7 Å². The molecule has 210 valence electrons. The molecule has 0 bridgehead atoms. The molecule has 37 heavy (non-hydrogen) atoms. The Morgan fingerprint density at radius 2 is 1.89 bits per heavy atom. The molecular formula is C30H50N2O5. The van der Waals surface area contributed by atoms with Gasteiger partial charge in [-0.05, 0) is 56.2 Å². The van der Waals surface area contributed by atoms with Crippen LogP contribution in [-0.2, 0) is 14.9 Å². The lowest BCUT2D eigenvalue weighted by atomic mass is 9.74. The normalized spacial score (nSPS) is 23.9. The largest absolute Gasteiger partial charge is 0.493 e. The van der Waals surface area contributed by atoms with E-state index in [0.717, 1.165) is 57.5 Å².